The SMILES string of the molecule is C=CN(C)c1c(C(C)C)cc(C)cc1C(C)C.CC.CN=[S@@](C)c1ccc(CN(C)C)cc1. The monoisotopic (exact) mass is 471 g/mol. The number of rotatable bonds is 7. The van der Waals surface area contributed by atoms with E-state index in [1.54, 1.807) is 0 Å². The van der Waals surface area contributed by atoms with Crippen LogP contribution in [0.2, 0.25) is 0 Å². The number of benzene rings is 2. The second kappa shape index (κ2) is 15.8. The Morgan fingerprint density at radius 3 is 1.73 bits per heavy atom. The summed E-state index contributed by atoms with van der Waals surface area (Å²) in [7, 11) is 8.17. The molecule has 0 heterocycles. The number of hydrogen-bond donors (Lipinski definition) is 0. The Morgan fingerprint density at radius 2 is 1.39 bits per heavy atom. The van der Waals surface area contributed by atoms with E-state index >= 15 is 0 Å². The van der Waals surface area contributed by atoms with Gasteiger partial charge in [-0.15, -0.1) is 0 Å². The Kier molecular flexibility index (Phi) is 14.9. The normalized spacial score (nSPS) is 11.6. The van der Waals surface area contributed by atoms with Gasteiger partial charge in [-0.2, -0.15) is 0 Å². The zero-order valence-corrected chi connectivity index (χ0v) is 24.2. The van der Waals surface area contributed by atoms with Gasteiger partial charge in [0.25, 0.3) is 0 Å². The minimum atomic E-state index is 0.0501. The second-order valence-electron chi connectivity index (χ2n) is 8.94. The van der Waals surface area contributed by atoms with Crippen LogP contribution >= 0.6 is 0 Å². The van der Waals surface area contributed by atoms with Crippen molar-refractivity contribution in [2.45, 2.75) is 71.7 Å². The standard InChI is InChI=1S/C16H25N.C11H18N2S.C2H6/c1-8-17(7)16-14(11(2)3)9-13(6)10-15(16)12(4)5;1-12-14(4)11-7-5-10(6-8-11)9-13(2)3;1-2/h8-12H,1H2,2-7H3;5-8H,9H2,1-4H3;1-2H3/t;14-;/m.0./s1. The van der Waals surface area contributed by atoms with E-state index in [0.717, 1.165) is 6.54 Å². The van der Waals surface area contributed by atoms with Crippen LogP contribution in [0.1, 0.15) is 75.6 Å². The van der Waals surface area contributed by atoms with Crippen LogP contribution in [-0.2, 0) is 17.2 Å². The third-order valence-corrected chi connectivity index (χ3v) is 6.72. The molecule has 186 valence electrons. The van der Waals surface area contributed by atoms with Crippen molar-refractivity contribution in [2.24, 2.45) is 4.36 Å². The van der Waals surface area contributed by atoms with Crippen molar-refractivity contribution in [3.63, 3.8) is 0 Å². The van der Waals surface area contributed by atoms with Crippen LogP contribution in [0, 0.1) is 6.92 Å². The minimum Gasteiger partial charge on any atom is -0.351 e. The van der Waals surface area contributed by atoms with Crippen molar-refractivity contribution < 1.29 is 0 Å². The van der Waals surface area contributed by atoms with Crippen molar-refractivity contribution in [1.82, 2.24) is 4.90 Å². The first-order chi connectivity index (χ1) is 15.5. The van der Waals surface area contributed by atoms with E-state index in [-0.39, 0.29) is 10.7 Å². The molecule has 0 amide bonds. The van der Waals surface area contributed by atoms with Crippen molar-refractivity contribution in [1.29, 1.82) is 0 Å². The summed E-state index contributed by atoms with van der Waals surface area (Å²) in [5.74, 6) is 1.06. The molecule has 0 aromatic heterocycles. The minimum absolute atomic E-state index is 0.0501. The van der Waals surface area contributed by atoms with Gasteiger partial charge in [0.15, 0.2) is 0 Å². The summed E-state index contributed by atoms with van der Waals surface area (Å²) < 4.78 is 4.27. The van der Waals surface area contributed by atoms with E-state index in [0.29, 0.717) is 11.8 Å². The van der Waals surface area contributed by atoms with Gasteiger partial charge in [-0.05, 0) is 74.1 Å². The molecule has 0 N–H and O–H groups in total. The van der Waals surface area contributed by atoms with Crippen molar-refractivity contribution in [2.75, 3.05) is 39.3 Å². The molecule has 0 bridgehead atoms. The lowest BCUT2D eigenvalue weighted by Crippen LogP contribution is -2.14. The van der Waals surface area contributed by atoms with E-state index in [4.69, 9.17) is 0 Å². The van der Waals surface area contributed by atoms with Gasteiger partial charge in [-0.3, -0.25) is 4.36 Å². The first kappa shape index (κ1) is 31.1. The first-order valence-electron chi connectivity index (χ1n) is 12.0. The molecule has 0 aliphatic heterocycles. The molecule has 4 heteroatoms. The highest BCUT2D eigenvalue weighted by molar-refractivity contribution is 7.86. The molecule has 1 atom stereocenters. The molecule has 2 aromatic carbocycles. The van der Waals surface area contributed by atoms with Gasteiger partial charge in [-0.1, -0.05) is 88.6 Å². The quantitative estimate of drug-likeness (QED) is 0.407. The summed E-state index contributed by atoms with van der Waals surface area (Å²) in [6, 6.07) is 13.3. The predicted octanol–water partition coefficient (Wildman–Crippen LogP) is 8.02. The lowest BCUT2D eigenvalue weighted by atomic mass is 9.90. The molecule has 33 heavy (non-hydrogen) atoms. The van der Waals surface area contributed by atoms with Gasteiger partial charge >= 0.3 is 0 Å². The molecule has 3 nitrogen and oxygen atoms in total. The predicted molar refractivity (Wildman–Crippen MR) is 153 cm³/mol. The third-order valence-electron chi connectivity index (χ3n) is 5.22. The second-order valence-corrected chi connectivity index (χ2v) is 10.7. The van der Waals surface area contributed by atoms with E-state index in [2.05, 4.69) is 119 Å². The fourth-order valence-electron chi connectivity index (χ4n) is 3.48. The average Bonchev–Trinajstić information content (AvgIpc) is 2.79. The smallest absolute Gasteiger partial charge is 0.0473 e. The van der Waals surface area contributed by atoms with E-state index in [9.17, 15) is 0 Å². The summed E-state index contributed by atoms with van der Waals surface area (Å²) in [6.45, 7) is 20.1. The van der Waals surface area contributed by atoms with Gasteiger partial charge in [0.05, 0.1) is 0 Å². The van der Waals surface area contributed by atoms with E-state index in [1.807, 2.05) is 27.1 Å². The highest BCUT2D eigenvalue weighted by Crippen LogP contribution is 2.36. The molecule has 0 saturated carbocycles. The maximum Gasteiger partial charge on any atom is 0.0473 e. The molecular weight excluding hydrogens is 422 g/mol. The fraction of sp³-hybridized carbons (Fsp3) is 0.517. The largest absolute Gasteiger partial charge is 0.351 e. The molecule has 0 saturated heterocycles. The van der Waals surface area contributed by atoms with Crippen molar-refractivity contribution in [3.8, 4) is 0 Å². The molecule has 0 fully saturated rings. The van der Waals surface area contributed by atoms with Gasteiger partial charge in [0.2, 0.25) is 0 Å². The Hall–Kier alpha value is -1.91. The van der Waals surface area contributed by atoms with Crippen LogP contribution < -0.4 is 4.90 Å². The highest BCUT2D eigenvalue weighted by Gasteiger charge is 2.16. The topological polar surface area (TPSA) is 18.8 Å². The molecule has 0 aliphatic rings. The van der Waals surface area contributed by atoms with Crippen molar-refractivity contribution >= 4 is 16.4 Å². The first-order valence-corrected chi connectivity index (χ1v) is 13.6. The number of nitrogens with zero attached hydrogens (tertiary/aromatic N) is 3. The Bertz CT molecular complexity index is 836. The molecule has 0 aliphatic carbocycles. The molecule has 2 rings (SSSR count). The van der Waals surface area contributed by atoms with Crippen LogP contribution in [0.25, 0.3) is 0 Å². The molecule has 0 unspecified atom stereocenters. The maximum atomic E-state index is 4.27. The number of anilines is 1. The summed E-state index contributed by atoms with van der Waals surface area (Å²) >= 11 is 0. The van der Waals surface area contributed by atoms with Gasteiger partial charge < -0.3 is 9.80 Å². The van der Waals surface area contributed by atoms with E-state index in [1.165, 1.54) is 32.8 Å². The van der Waals surface area contributed by atoms with Gasteiger partial charge in [0.1, 0.15) is 0 Å². The van der Waals surface area contributed by atoms with Gasteiger partial charge in [-0.25, -0.2) is 0 Å². The van der Waals surface area contributed by atoms with Crippen LogP contribution in [0.3, 0.4) is 0 Å². The number of aryl methyl sites for hydroxylation is 1. The lowest BCUT2D eigenvalue weighted by molar-refractivity contribution is 0.402. The fourth-order valence-corrected chi connectivity index (χ4v) is 4.22. The van der Waals surface area contributed by atoms with Crippen LogP contribution in [0.15, 0.2) is 58.4 Å². The van der Waals surface area contributed by atoms with Crippen molar-refractivity contribution in [3.05, 3.63) is 71.4 Å². The van der Waals surface area contributed by atoms with Crippen LogP contribution in [0.4, 0.5) is 5.69 Å². The summed E-state index contributed by atoms with van der Waals surface area (Å²) in [5, 5.41) is 0. The average molecular weight is 472 g/mol. The summed E-state index contributed by atoms with van der Waals surface area (Å²) in [6.07, 6.45) is 4.03. The summed E-state index contributed by atoms with van der Waals surface area (Å²) in [4.78, 5) is 5.63. The van der Waals surface area contributed by atoms with Gasteiger partial charge in [0, 0.05) is 31.2 Å². The summed E-state index contributed by atoms with van der Waals surface area (Å²) in [5.41, 5.74) is 6.85. The van der Waals surface area contributed by atoms with E-state index < -0.39 is 0 Å². The third kappa shape index (κ3) is 10.3. The molecule has 0 radical (unpaired) electrons. The highest BCUT2D eigenvalue weighted by atomic mass is 32.2. The molecular formula is C29H49N3S. The molecule has 0 spiro atoms. The zero-order chi connectivity index (χ0) is 25.7. The lowest BCUT2D eigenvalue weighted by Gasteiger charge is -2.26. The Morgan fingerprint density at radius 1 is 0.939 bits per heavy atom. The Labute approximate surface area is 208 Å². The van der Waals surface area contributed by atoms with Crippen LogP contribution in [0.5, 0.6) is 0 Å². The number of hydrogen-bond acceptors (Lipinski definition) is 3. The van der Waals surface area contributed by atoms with Crippen LogP contribution in [-0.4, -0.2) is 39.3 Å². The Balaban J connectivity index is 0.000000586. The molecule has 2 aromatic rings. The zero-order valence-electron chi connectivity index (χ0n) is 23.4. The maximum absolute atomic E-state index is 4.27.